The molecule has 46 valence electrons. The normalized spacial score (nSPS) is 28.8. The van der Waals surface area contributed by atoms with Crippen LogP contribution in [0.2, 0.25) is 0 Å². The van der Waals surface area contributed by atoms with Gasteiger partial charge in [0.05, 0.1) is 5.84 Å². The fraction of sp³-hybridized carbons (Fsp3) is 0.833. The SMILES string of the molecule is CC1=NCCC(C)N1. The highest BCUT2D eigenvalue weighted by atomic mass is 15.0. The lowest BCUT2D eigenvalue weighted by atomic mass is 10.2. The summed E-state index contributed by atoms with van der Waals surface area (Å²) >= 11 is 0. The molecule has 0 aromatic rings. The van der Waals surface area contributed by atoms with E-state index in [4.69, 9.17) is 0 Å². The lowest BCUT2D eigenvalue weighted by molar-refractivity contribution is 0.586. The van der Waals surface area contributed by atoms with Gasteiger partial charge in [0.25, 0.3) is 0 Å². The number of amidine groups is 1. The van der Waals surface area contributed by atoms with Crippen LogP contribution < -0.4 is 5.32 Å². The van der Waals surface area contributed by atoms with Gasteiger partial charge >= 0.3 is 0 Å². The van der Waals surface area contributed by atoms with Gasteiger partial charge in [-0.25, -0.2) is 0 Å². The Morgan fingerprint density at radius 3 is 2.88 bits per heavy atom. The third-order valence-electron chi connectivity index (χ3n) is 1.37. The van der Waals surface area contributed by atoms with E-state index in [1.165, 1.54) is 6.42 Å². The second kappa shape index (κ2) is 2.16. The zero-order valence-corrected chi connectivity index (χ0v) is 5.44. The quantitative estimate of drug-likeness (QED) is 0.492. The van der Waals surface area contributed by atoms with Crippen molar-refractivity contribution in [1.29, 1.82) is 0 Å². The molecule has 8 heavy (non-hydrogen) atoms. The van der Waals surface area contributed by atoms with Gasteiger partial charge in [-0.15, -0.1) is 0 Å². The monoisotopic (exact) mass is 112 g/mol. The molecule has 0 fully saturated rings. The Labute approximate surface area is 50.0 Å². The van der Waals surface area contributed by atoms with Crippen molar-refractivity contribution in [2.75, 3.05) is 6.54 Å². The number of nitrogens with one attached hydrogen (secondary N) is 1. The summed E-state index contributed by atoms with van der Waals surface area (Å²) in [5.41, 5.74) is 0. The topological polar surface area (TPSA) is 24.4 Å². The predicted molar refractivity (Wildman–Crippen MR) is 35.2 cm³/mol. The van der Waals surface area contributed by atoms with Crippen molar-refractivity contribution in [3.8, 4) is 0 Å². The average molecular weight is 112 g/mol. The highest BCUT2D eigenvalue weighted by Gasteiger charge is 2.04. The average Bonchev–Trinajstić information content (AvgIpc) is 1.64. The molecule has 0 amide bonds. The number of hydrogen-bond donors (Lipinski definition) is 1. The van der Waals surface area contributed by atoms with E-state index in [-0.39, 0.29) is 0 Å². The third-order valence-corrected chi connectivity index (χ3v) is 1.37. The Balaban J connectivity index is 2.45. The fourth-order valence-corrected chi connectivity index (χ4v) is 0.900. The predicted octanol–water partition coefficient (Wildman–Crippen LogP) is 0.787. The Kier molecular flexibility index (Phi) is 1.51. The molecule has 2 heteroatoms. The molecular formula is C6H12N2. The first-order valence-corrected chi connectivity index (χ1v) is 3.06. The maximum absolute atomic E-state index is 4.19. The molecule has 0 aromatic heterocycles. The zero-order valence-electron chi connectivity index (χ0n) is 5.44. The first kappa shape index (κ1) is 5.60. The van der Waals surface area contributed by atoms with Gasteiger partial charge in [-0.3, -0.25) is 4.99 Å². The number of rotatable bonds is 0. The summed E-state index contributed by atoms with van der Waals surface area (Å²) in [6, 6.07) is 0.632. The van der Waals surface area contributed by atoms with E-state index in [2.05, 4.69) is 17.2 Å². The Morgan fingerprint density at radius 1 is 1.75 bits per heavy atom. The minimum absolute atomic E-state index is 0.632. The minimum Gasteiger partial charge on any atom is -0.372 e. The molecule has 0 aliphatic carbocycles. The lowest BCUT2D eigenvalue weighted by Crippen LogP contribution is -2.34. The van der Waals surface area contributed by atoms with Crippen molar-refractivity contribution in [1.82, 2.24) is 5.32 Å². The Hall–Kier alpha value is -0.530. The molecule has 0 aromatic carbocycles. The summed E-state index contributed by atoms with van der Waals surface area (Å²) in [5.74, 6) is 1.09. The summed E-state index contributed by atoms with van der Waals surface area (Å²) in [6.45, 7) is 5.19. The van der Waals surface area contributed by atoms with Crippen LogP contribution in [-0.4, -0.2) is 18.4 Å². The van der Waals surface area contributed by atoms with E-state index in [1.807, 2.05) is 6.92 Å². The van der Waals surface area contributed by atoms with E-state index in [0.29, 0.717) is 6.04 Å². The maximum Gasteiger partial charge on any atom is 0.0933 e. The van der Waals surface area contributed by atoms with Crippen molar-refractivity contribution < 1.29 is 0 Å². The van der Waals surface area contributed by atoms with Crippen LogP contribution in [-0.2, 0) is 0 Å². The molecule has 2 nitrogen and oxygen atoms in total. The van der Waals surface area contributed by atoms with Crippen LogP contribution in [0.1, 0.15) is 20.3 Å². The van der Waals surface area contributed by atoms with Crippen LogP contribution in [0, 0.1) is 0 Å². The van der Waals surface area contributed by atoms with E-state index in [0.717, 1.165) is 12.4 Å². The van der Waals surface area contributed by atoms with Gasteiger partial charge in [-0.05, 0) is 20.3 Å². The van der Waals surface area contributed by atoms with Crippen molar-refractivity contribution in [3.63, 3.8) is 0 Å². The van der Waals surface area contributed by atoms with Crippen LogP contribution in [0.4, 0.5) is 0 Å². The first-order chi connectivity index (χ1) is 3.79. The fourth-order valence-electron chi connectivity index (χ4n) is 0.900. The van der Waals surface area contributed by atoms with Gasteiger partial charge in [-0.1, -0.05) is 0 Å². The Morgan fingerprint density at radius 2 is 2.50 bits per heavy atom. The van der Waals surface area contributed by atoms with Gasteiger partial charge < -0.3 is 5.32 Å². The smallest absolute Gasteiger partial charge is 0.0933 e. The van der Waals surface area contributed by atoms with Crippen LogP contribution in [0.3, 0.4) is 0 Å². The molecule has 1 atom stereocenters. The summed E-state index contributed by atoms with van der Waals surface area (Å²) < 4.78 is 0. The van der Waals surface area contributed by atoms with E-state index >= 15 is 0 Å². The van der Waals surface area contributed by atoms with E-state index in [9.17, 15) is 0 Å². The number of nitrogens with zero attached hydrogens (tertiary/aromatic N) is 1. The van der Waals surface area contributed by atoms with Crippen molar-refractivity contribution in [2.45, 2.75) is 26.3 Å². The van der Waals surface area contributed by atoms with Crippen LogP contribution in [0.5, 0.6) is 0 Å². The number of hydrogen-bond acceptors (Lipinski definition) is 2. The summed E-state index contributed by atoms with van der Waals surface area (Å²) in [6.07, 6.45) is 1.18. The molecule has 1 rings (SSSR count). The summed E-state index contributed by atoms with van der Waals surface area (Å²) in [4.78, 5) is 4.19. The van der Waals surface area contributed by atoms with Crippen molar-refractivity contribution in [2.24, 2.45) is 4.99 Å². The second-order valence-corrected chi connectivity index (χ2v) is 2.30. The van der Waals surface area contributed by atoms with Gasteiger partial charge in [0.2, 0.25) is 0 Å². The molecule has 0 bridgehead atoms. The molecule has 1 aliphatic rings. The summed E-state index contributed by atoms with van der Waals surface area (Å²) in [5, 5.41) is 3.23. The van der Waals surface area contributed by atoms with Crippen LogP contribution >= 0.6 is 0 Å². The molecule has 0 spiro atoms. The van der Waals surface area contributed by atoms with Gasteiger partial charge in [0.1, 0.15) is 0 Å². The zero-order chi connectivity index (χ0) is 5.98. The third kappa shape index (κ3) is 1.22. The Bertz CT molecular complexity index is 107. The summed E-state index contributed by atoms with van der Waals surface area (Å²) in [7, 11) is 0. The van der Waals surface area contributed by atoms with E-state index in [1.54, 1.807) is 0 Å². The molecule has 1 heterocycles. The highest BCUT2D eigenvalue weighted by molar-refractivity contribution is 5.80. The van der Waals surface area contributed by atoms with Crippen molar-refractivity contribution in [3.05, 3.63) is 0 Å². The van der Waals surface area contributed by atoms with Gasteiger partial charge in [-0.2, -0.15) is 0 Å². The van der Waals surface area contributed by atoms with Crippen LogP contribution in [0.15, 0.2) is 4.99 Å². The molecule has 0 saturated carbocycles. The number of aliphatic imine (C=N–C) groups is 1. The lowest BCUT2D eigenvalue weighted by Gasteiger charge is -2.18. The van der Waals surface area contributed by atoms with Crippen molar-refractivity contribution >= 4 is 5.84 Å². The molecule has 1 unspecified atom stereocenters. The second-order valence-electron chi connectivity index (χ2n) is 2.30. The van der Waals surface area contributed by atoms with E-state index < -0.39 is 0 Å². The largest absolute Gasteiger partial charge is 0.372 e. The molecule has 1 N–H and O–H groups in total. The molecule has 0 radical (unpaired) electrons. The standard InChI is InChI=1S/C6H12N2/c1-5-3-4-7-6(2)8-5/h5H,3-4H2,1-2H3,(H,7,8). The molecule has 1 aliphatic heterocycles. The minimum atomic E-state index is 0.632. The highest BCUT2D eigenvalue weighted by Crippen LogP contribution is 1.96. The van der Waals surface area contributed by atoms with Gasteiger partial charge in [0.15, 0.2) is 0 Å². The van der Waals surface area contributed by atoms with Gasteiger partial charge in [0, 0.05) is 12.6 Å². The molecular weight excluding hydrogens is 100 g/mol. The maximum atomic E-state index is 4.19. The first-order valence-electron chi connectivity index (χ1n) is 3.06. The van der Waals surface area contributed by atoms with Crippen LogP contribution in [0.25, 0.3) is 0 Å². The molecule has 0 saturated heterocycles.